The molecule has 0 unspecified atom stereocenters. The summed E-state index contributed by atoms with van der Waals surface area (Å²) in [5.41, 5.74) is 2.54. The molecule has 0 saturated carbocycles. The summed E-state index contributed by atoms with van der Waals surface area (Å²) in [6.07, 6.45) is -4.39. The summed E-state index contributed by atoms with van der Waals surface area (Å²) in [5.74, 6) is -0.509. The molecule has 0 spiro atoms. The molecule has 7 heteroatoms. The highest BCUT2D eigenvalue weighted by atomic mass is 35.5. The van der Waals surface area contributed by atoms with Gasteiger partial charge in [-0.15, -0.1) is 0 Å². The van der Waals surface area contributed by atoms with Crippen molar-refractivity contribution in [3.05, 3.63) is 34.6 Å². The molecule has 16 heavy (non-hydrogen) atoms. The number of hydroxylamine groups is 1. The van der Waals surface area contributed by atoms with Gasteiger partial charge in [-0.3, -0.25) is 4.84 Å². The Hall–Kier alpha value is -0.850. The lowest BCUT2D eigenvalue weighted by Gasteiger charge is -2.09. The van der Waals surface area contributed by atoms with Crippen LogP contribution in [0.4, 0.5) is 17.6 Å². The first-order valence-corrected chi connectivity index (χ1v) is 4.61. The van der Waals surface area contributed by atoms with Crippen LogP contribution in [0.25, 0.3) is 0 Å². The molecule has 0 bridgehead atoms. The molecule has 0 atom stereocenters. The monoisotopic (exact) mass is 257 g/mol. The summed E-state index contributed by atoms with van der Waals surface area (Å²) >= 11 is 5.64. The van der Waals surface area contributed by atoms with Crippen LogP contribution >= 0.6 is 11.6 Å². The summed E-state index contributed by atoms with van der Waals surface area (Å²) in [4.78, 5) is 4.16. The van der Waals surface area contributed by atoms with Gasteiger partial charge in [0.2, 0.25) is 0 Å². The van der Waals surface area contributed by atoms with E-state index in [2.05, 4.69) is 10.3 Å². The van der Waals surface area contributed by atoms with Gasteiger partial charge in [-0.05, 0) is 17.7 Å². The first-order valence-electron chi connectivity index (χ1n) is 4.24. The lowest BCUT2D eigenvalue weighted by molar-refractivity contribution is -0.190. The average Bonchev–Trinajstić information content (AvgIpc) is 2.13. The zero-order chi connectivity index (χ0) is 12.2. The van der Waals surface area contributed by atoms with E-state index in [1.807, 2.05) is 0 Å². The quantitative estimate of drug-likeness (QED) is 0.508. The molecule has 90 valence electrons. The molecule has 2 nitrogen and oxygen atoms in total. The lowest BCUT2D eigenvalue weighted by atomic mass is 10.2. The van der Waals surface area contributed by atoms with Crippen molar-refractivity contribution in [2.45, 2.75) is 12.7 Å². The van der Waals surface area contributed by atoms with Gasteiger partial charge in [-0.1, -0.05) is 17.7 Å². The van der Waals surface area contributed by atoms with E-state index in [9.17, 15) is 17.6 Å². The van der Waals surface area contributed by atoms with Crippen molar-refractivity contribution in [1.29, 1.82) is 0 Å². The molecular weight excluding hydrogens is 250 g/mol. The Kier molecular flexibility index (Phi) is 4.52. The fourth-order valence-electron chi connectivity index (χ4n) is 0.927. The van der Waals surface area contributed by atoms with E-state index in [-0.39, 0.29) is 11.6 Å². The molecule has 0 saturated heterocycles. The number of hydrogen-bond acceptors (Lipinski definition) is 2. The van der Waals surface area contributed by atoms with E-state index in [1.165, 1.54) is 6.07 Å². The molecule has 0 aliphatic rings. The highest BCUT2D eigenvalue weighted by Crippen LogP contribution is 2.17. The van der Waals surface area contributed by atoms with Gasteiger partial charge in [-0.25, -0.2) is 4.39 Å². The van der Waals surface area contributed by atoms with E-state index in [0.29, 0.717) is 5.56 Å². The van der Waals surface area contributed by atoms with Crippen LogP contribution in [0, 0.1) is 5.82 Å². The summed E-state index contributed by atoms with van der Waals surface area (Å²) < 4.78 is 47.6. The number of nitrogens with one attached hydrogen (secondary N) is 1. The van der Waals surface area contributed by atoms with Gasteiger partial charge in [-0.2, -0.15) is 18.7 Å². The molecule has 1 aromatic carbocycles. The fourth-order valence-corrected chi connectivity index (χ4v) is 1.16. The lowest BCUT2D eigenvalue weighted by Crippen LogP contribution is -2.24. The Balaban J connectivity index is 2.38. The average molecular weight is 258 g/mol. The van der Waals surface area contributed by atoms with E-state index >= 15 is 0 Å². The van der Waals surface area contributed by atoms with Gasteiger partial charge in [0, 0.05) is 11.6 Å². The van der Waals surface area contributed by atoms with E-state index in [4.69, 9.17) is 11.6 Å². The van der Waals surface area contributed by atoms with Gasteiger partial charge in [0.1, 0.15) is 5.82 Å². The molecule has 0 aliphatic carbocycles. The third kappa shape index (κ3) is 4.78. The summed E-state index contributed by atoms with van der Waals surface area (Å²) in [6.45, 7) is -1.43. The standard InChI is InChI=1S/C9H8ClF4NO/c10-8-3-7(11)2-1-6(8)4-15-16-5-9(12,13)14/h1-3,15H,4-5H2. The molecule has 1 rings (SSSR count). The highest BCUT2D eigenvalue weighted by Gasteiger charge is 2.27. The Morgan fingerprint density at radius 3 is 2.56 bits per heavy atom. The second-order valence-electron chi connectivity index (χ2n) is 2.96. The van der Waals surface area contributed by atoms with Gasteiger partial charge in [0.05, 0.1) is 0 Å². The largest absolute Gasteiger partial charge is 0.413 e. The molecule has 0 radical (unpaired) electrons. The van der Waals surface area contributed by atoms with Crippen LogP contribution in [-0.2, 0) is 11.4 Å². The van der Waals surface area contributed by atoms with Crippen molar-refractivity contribution in [1.82, 2.24) is 5.48 Å². The van der Waals surface area contributed by atoms with Crippen molar-refractivity contribution in [3.63, 3.8) is 0 Å². The summed E-state index contributed by atoms with van der Waals surface area (Å²) in [7, 11) is 0. The zero-order valence-electron chi connectivity index (χ0n) is 7.94. The minimum Gasteiger partial charge on any atom is -0.292 e. The molecule has 0 amide bonds. The Morgan fingerprint density at radius 1 is 1.31 bits per heavy atom. The molecule has 0 aliphatic heterocycles. The topological polar surface area (TPSA) is 21.3 Å². The predicted molar refractivity (Wildman–Crippen MR) is 50.3 cm³/mol. The van der Waals surface area contributed by atoms with Gasteiger partial charge < -0.3 is 0 Å². The van der Waals surface area contributed by atoms with E-state index in [1.54, 1.807) is 0 Å². The third-order valence-electron chi connectivity index (χ3n) is 1.62. The van der Waals surface area contributed by atoms with Crippen LogP contribution in [0.5, 0.6) is 0 Å². The van der Waals surface area contributed by atoms with Crippen LogP contribution < -0.4 is 5.48 Å². The number of halogens is 5. The Bertz CT molecular complexity index is 356. The maximum atomic E-state index is 12.6. The maximum Gasteiger partial charge on any atom is 0.413 e. The number of benzene rings is 1. The van der Waals surface area contributed by atoms with Gasteiger partial charge in [0.15, 0.2) is 6.61 Å². The van der Waals surface area contributed by atoms with Crippen LogP contribution in [0.3, 0.4) is 0 Å². The van der Waals surface area contributed by atoms with Crippen LogP contribution in [0.15, 0.2) is 18.2 Å². The first-order chi connectivity index (χ1) is 7.38. The second kappa shape index (κ2) is 5.47. The molecular formula is C9H8ClF4NO. The van der Waals surface area contributed by atoms with Crippen molar-refractivity contribution in [3.8, 4) is 0 Å². The molecule has 0 aromatic heterocycles. The minimum atomic E-state index is -4.39. The number of rotatable bonds is 4. The molecule has 1 aromatic rings. The van der Waals surface area contributed by atoms with Crippen molar-refractivity contribution >= 4 is 11.6 Å². The summed E-state index contributed by atoms with van der Waals surface area (Å²) in [5, 5.41) is 0.128. The zero-order valence-corrected chi connectivity index (χ0v) is 8.70. The minimum absolute atomic E-state index is 0.0325. The van der Waals surface area contributed by atoms with Crippen molar-refractivity contribution < 1.29 is 22.4 Å². The Labute approximate surface area is 94.1 Å². The van der Waals surface area contributed by atoms with Crippen LogP contribution in [-0.4, -0.2) is 12.8 Å². The van der Waals surface area contributed by atoms with Crippen LogP contribution in [0.2, 0.25) is 5.02 Å². The molecule has 1 N–H and O–H groups in total. The van der Waals surface area contributed by atoms with E-state index < -0.39 is 18.6 Å². The SMILES string of the molecule is Fc1ccc(CNOCC(F)(F)F)c(Cl)c1. The van der Waals surface area contributed by atoms with Gasteiger partial charge >= 0.3 is 6.18 Å². The summed E-state index contributed by atoms with van der Waals surface area (Å²) in [6, 6.07) is 3.59. The molecule has 0 fully saturated rings. The highest BCUT2D eigenvalue weighted by molar-refractivity contribution is 6.31. The van der Waals surface area contributed by atoms with Gasteiger partial charge in [0.25, 0.3) is 0 Å². The van der Waals surface area contributed by atoms with Crippen LogP contribution in [0.1, 0.15) is 5.56 Å². The normalized spacial score (nSPS) is 11.8. The fraction of sp³-hybridized carbons (Fsp3) is 0.333. The van der Waals surface area contributed by atoms with Crippen molar-refractivity contribution in [2.75, 3.05) is 6.61 Å². The predicted octanol–water partition coefficient (Wildman–Crippen LogP) is 3.06. The number of hydrogen-bond donors (Lipinski definition) is 1. The smallest absolute Gasteiger partial charge is 0.292 e. The maximum absolute atomic E-state index is 12.6. The number of alkyl halides is 3. The third-order valence-corrected chi connectivity index (χ3v) is 1.97. The first kappa shape index (κ1) is 13.2. The second-order valence-corrected chi connectivity index (χ2v) is 3.37. The Morgan fingerprint density at radius 2 is 2.00 bits per heavy atom. The van der Waals surface area contributed by atoms with Crippen molar-refractivity contribution in [2.24, 2.45) is 0 Å². The van der Waals surface area contributed by atoms with E-state index in [0.717, 1.165) is 12.1 Å². The molecule has 0 heterocycles.